The van der Waals surface area contributed by atoms with Crippen molar-refractivity contribution in [3.05, 3.63) is 34.0 Å². The standard InChI is InChI=1S/C5H6BrN3O2S.C5H6ClN3O2S/c2*1-12(10,11)9-5-3-2-4(6)7-8-5/h2*2-3H,1H3,(H,8,9). The summed E-state index contributed by atoms with van der Waals surface area (Å²) in [5.41, 5.74) is 0. The topological polar surface area (TPSA) is 144 Å². The van der Waals surface area contributed by atoms with Crippen molar-refractivity contribution < 1.29 is 16.8 Å². The van der Waals surface area contributed by atoms with Gasteiger partial charge in [-0.15, -0.1) is 20.4 Å². The molecule has 0 bridgehead atoms. The maximum atomic E-state index is 10.7. The van der Waals surface area contributed by atoms with Crippen LogP contribution in [0.15, 0.2) is 28.9 Å². The number of rotatable bonds is 4. The SMILES string of the molecule is CS(=O)(=O)Nc1ccc(Br)nn1.CS(=O)(=O)Nc1ccc(Cl)nn1. The van der Waals surface area contributed by atoms with Crippen molar-refractivity contribution in [3.63, 3.8) is 0 Å². The largest absolute Gasteiger partial charge is 0.266 e. The smallest absolute Gasteiger partial charge is 0.231 e. The van der Waals surface area contributed by atoms with Crippen LogP contribution in [0.1, 0.15) is 0 Å². The molecule has 14 heteroatoms. The number of nitrogens with zero attached hydrogens (tertiary/aromatic N) is 4. The molecule has 0 aliphatic carbocycles. The quantitative estimate of drug-likeness (QED) is 0.692. The van der Waals surface area contributed by atoms with E-state index in [9.17, 15) is 16.8 Å². The van der Waals surface area contributed by atoms with Crippen molar-refractivity contribution in [1.82, 2.24) is 20.4 Å². The summed E-state index contributed by atoms with van der Waals surface area (Å²) in [7, 11) is -6.54. The molecule has 0 unspecified atom stereocenters. The molecule has 0 radical (unpaired) electrons. The zero-order valence-corrected chi connectivity index (χ0v) is 16.3. The lowest BCUT2D eigenvalue weighted by Gasteiger charge is -1.99. The normalized spacial score (nSPS) is 11.2. The van der Waals surface area contributed by atoms with Crippen LogP contribution in [0.25, 0.3) is 0 Å². The van der Waals surface area contributed by atoms with Gasteiger partial charge in [-0.25, -0.2) is 16.8 Å². The van der Waals surface area contributed by atoms with Crippen LogP contribution in [0.5, 0.6) is 0 Å². The minimum Gasteiger partial charge on any atom is -0.266 e. The first kappa shape index (κ1) is 20.5. The molecule has 24 heavy (non-hydrogen) atoms. The Kier molecular flexibility index (Phi) is 7.26. The summed E-state index contributed by atoms with van der Waals surface area (Å²) >= 11 is 8.51. The van der Waals surface area contributed by atoms with Crippen molar-refractivity contribution >= 4 is 59.2 Å². The lowest BCUT2D eigenvalue weighted by atomic mass is 10.5. The summed E-state index contributed by atoms with van der Waals surface area (Å²) < 4.78 is 47.6. The Morgan fingerprint density at radius 3 is 1.62 bits per heavy atom. The van der Waals surface area contributed by atoms with E-state index in [0.29, 0.717) is 4.60 Å². The molecule has 0 fully saturated rings. The lowest BCUT2D eigenvalue weighted by molar-refractivity contribution is 0.604. The molecule has 2 N–H and O–H groups in total. The summed E-state index contributed by atoms with van der Waals surface area (Å²) in [6.07, 6.45) is 2.08. The minimum absolute atomic E-state index is 0.155. The second kappa shape index (κ2) is 8.50. The zero-order valence-electron chi connectivity index (χ0n) is 12.3. The Morgan fingerprint density at radius 2 is 1.29 bits per heavy atom. The number of hydrogen-bond donors (Lipinski definition) is 2. The van der Waals surface area contributed by atoms with Gasteiger partial charge in [-0.1, -0.05) is 11.6 Å². The number of anilines is 2. The average Bonchev–Trinajstić information content (AvgIpc) is 2.42. The molecule has 132 valence electrons. The van der Waals surface area contributed by atoms with Crippen LogP contribution < -0.4 is 9.44 Å². The zero-order chi connectivity index (χ0) is 18.4. The van der Waals surface area contributed by atoms with E-state index in [-0.39, 0.29) is 16.8 Å². The van der Waals surface area contributed by atoms with Gasteiger partial charge < -0.3 is 0 Å². The van der Waals surface area contributed by atoms with Crippen molar-refractivity contribution in [2.24, 2.45) is 0 Å². The van der Waals surface area contributed by atoms with Crippen LogP contribution in [-0.2, 0) is 20.0 Å². The first-order valence-electron chi connectivity index (χ1n) is 5.89. The molecule has 2 heterocycles. The third-order valence-electron chi connectivity index (χ3n) is 1.84. The summed E-state index contributed by atoms with van der Waals surface area (Å²) in [4.78, 5) is 0. The molecule has 2 aromatic heterocycles. The number of halogens is 2. The molecular formula is C10H12BrClN6O4S2. The van der Waals surface area contributed by atoms with E-state index in [1.807, 2.05) is 0 Å². The van der Waals surface area contributed by atoms with Crippen molar-refractivity contribution in [2.45, 2.75) is 0 Å². The molecular weight excluding hydrogens is 448 g/mol. The first-order valence-corrected chi connectivity index (χ1v) is 10.8. The van der Waals surface area contributed by atoms with Gasteiger partial charge in [0.1, 0.15) is 4.60 Å². The third kappa shape index (κ3) is 9.54. The van der Waals surface area contributed by atoms with Gasteiger partial charge in [0, 0.05) is 0 Å². The van der Waals surface area contributed by atoms with E-state index in [2.05, 4.69) is 45.8 Å². The third-order valence-corrected chi connectivity index (χ3v) is 3.63. The molecule has 0 saturated heterocycles. The monoisotopic (exact) mass is 458 g/mol. The van der Waals surface area contributed by atoms with Gasteiger partial charge in [0.05, 0.1) is 12.5 Å². The predicted molar refractivity (Wildman–Crippen MR) is 93.7 cm³/mol. The molecule has 0 amide bonds. The molecule has 0 spiro atoms. The van der Waals surface area contributed by atoms with Crippen LogP contribution in [0.3, 0.4) is 0 Å². The maximum Gasteiger partial charge on any atom is 0.231 e. The molecule has 0 aromatic carbocycles. The van der Waals surface area contributed by atoms with Crippen LogP contribution in [0.2, 0.25) is 5.15 Å². The van der Waals surface area contributed by atoms with E-state index in [1.165, 1.54) is 18.2 Å². The molecule has 10 nitrogen and oxygen atoms in total. The highest BCUT2D eigenvalue weighted by molar-refractivity contribution is 9.10. The molecule has 0 aliphatic rings. The van der Waals surface area contributed by atoms with Crippen LogP contribution in [-0.4, -0.2) is 49.7 Å². The van der Waals surface area contributed by atoms with Gasteiger partial charge >= 0.3 is 0 Å². The van der Waals surface area contributed by atoms with Crippen LogP contribution >= 0.6 is 27.5 Å². The van der Waals surface area contributed by atoms with Gasteiger partial charge in [0.25, 0.3) is 0 Å². The Bertz CT molecular complexity index is 799. The summed E-state index contributed by atoms with van der Waals surface area (Å²) in [5.74, 6) is 0.364. The van der Waals surface area contributed by atoms with Crippen LogP contribution in [0.4, 0.5) is 11.6 Å². The van der Waals surface area contributed by atoms with E-state index >= 15 is 0 Å². The fourth-order valence-corrected chi connectivity index (χ4v) is 2.41. The van der Waals surface area contributed by atoms with Crippen molar-refractivity contribution in [3.8, 4) is 0 Å². The summed E-state index contributed by atoms with van der Waals surface area (Å²) in [6, 6.07) is 5.98. The lowest BCUT2D eigenvalue weighted by Crippen LogP contribution is -2.11. The second-order valence-electron chi connectivity index (χ2n) is 4.23. The fourth-order valence-electron chi connectivity index (χ4n) is 1.12. The summed E-state index contributed by atoms with van der Waals surface area (Å²) in [5, 5.41) is 14.3. The van der Waals surface area contributed by atoms with Gasteiger partial charge in [0.15, 0.2) is 16.8 Å². The number of aromatic nitrogens is 4. The van der Waals surface area contributed by atoms with Crippen molar-refractivity contribution in [2.75, 3.05) is 22.0 Å². The molecule has 0 atom stereocenters. The van der Waals surface area contributed by atoms with E-state index in [1.54, 1.807) is 6.07 Å². The van der Waals surface area contributed by atoms with Crippen LogP contribution in [0, 0.1) is 0 Å². The highest BCUT2D eigenvalue weighted by Gasteiger charge is 2.03. The van der Waals surface area contributed by atoms with Gasteiger partial charge in [-0.3, -0.25) is 9.44 Å². The molecule has 2 rings (SSSR count). The Hall–Kier alpha value is -1.57. The highest BCUT2D eigenvalue weighted by atomic mass is 79.9. The van der Waals surface area contributed by atoms with Gasteiger partial charge in [-0.05, 0) is 40.2 Å². The highest BCUT2D eigenvalue weighted by Crippen LogP contribution is 2.08. The Labute approximate surface area is 152 Å². The van der Waals surface area contributed by atoms with E-state index < -0.39 is 20.0 Å². The fraction of sp³-hybridized carbons (Fsp3) is 0.200. The molecule has 2 aromatic rings. The van der Waals surface area contributed by atoms with Gasteiger partial charge in [0.2, 0.25) is 20.0 Å². The van der Waals surface area contributed by atoms with E-state index in [4.69, 9.17) is 11.6 Å². The average molecular weight is 460 g/mol. The molecule has 0 aliphatic heterocycles. The Balaban J connectivity index is 0.000000240. The summed E-state index contributed by atoms with van der Waals surface area (Å²) in [6.45, 7) is 0. The first-order chi connectivity index (χ1) is 10.9. The predicted octanol–water partition coefficient (Wildman–Crippen LogP) is 1.11. The maximum absolute atomic E-state index is 10.7. The Morgan fingerprint density at radius 1 is 0.833 bits per heavy atom. The van der Waals surface area contributed by atoms with Gasteiger partial charge in [-0.2, -0.15) is 0 Å². The van der Waals surface area contributed by atoms with Crippen molar-refractivity contribution in [1.29, 1.82) is 0 Å². The second-order valence-corrected chi connectivity index (χ2v) is 8.93. The minimum atomic E-state index is -3.29. The molecule has 0 saturated carbocycles. The number of nitrogens with one attached hydrogen (secondary N) is 2. The van der Waals surface area contributed by atoms with E-state index in [0.717, 1.165) is 12.5 Å². The number of hydrogen-bond acceptors (Lipinski definition) is 8. The number of sulfonamides is 2.